The van der Waals surface area contributed by atoms with Crippen molar-refractivity contribution in [3.05, 3.63) is 29.8 Å². The van der Waals surface area contributed by atoms with Gasteiger partial charge in [0.2, 0.25) is 0 Å². The Morgan fingerprint density at radius 3 is 2.53 bits per heavy atom. The zero-order valence-corrected chi connectivity index (χ0v) is 12.2. The van der Waals surface area contributed by atoms with Crippen LogP contribution in [0.25, 0.3) is 0 Å². The van der Waals surface area contributed by atoms with Gasteiger partial charge in [0.1, 0.15) is 11.5 Å². The van der Waals surface area contributed by atoms with E-state index in [1.54, 1.807) is 7.11 Å². The molecule has 1 fully saturated rings. The van der Waals surface area contributed by atoms with Crippen molar-refractivity contribution in [2.75, 3.05) is 7.11 Å². The third kappa shape index (κ3) is 3.37. The zero-order chi connectivity index (χ0) is 13.9. The quantitative estimate of drug-likeness (QED) is 0.817. The number of Topliss-reactive ketones (excluding diaryl/α,β-unsaturated/α-hetero) is 1. The van der Waals surface area contributed by atoms with Crippen molar-refractivity contribution in [3.63, 3.8) is 0 Å². The number of ketones is 1. The minimum absolute atomic E-state index is 0.168. The van der Waals surface area contributed by atoms with Gasteiger partial charge in [0.25, 0.3) is 0 Å². The number of benzene rings is 1. The molecule has 0 radical (unpaired) electrons. The third-order valence-electron chi connectivity index (χ3n) is 4.43. The molecule has 1 unspecified atom stereocenters. The van der Waals surface area contributed by atoms with Gasteiger partial charge in [-0.25, -0.2) is 0 Å². The molecule has 19 heavy (non-hydrogen) atoms. The second-order valence-electron chi connectivity index (χ2n) is 6.28. The van der Waals surface area contributed by atoms with Crippen molar-refractivity contribution in [2.24, 2.45) is 11.3 Å². The zero-order valence-electron chi connectivity index (χ0n) is 12.2. The summed E-state index contributed by atoms with van der Waals surface area (Å²) in [5.74, 6) is 1.47. The van der Waals surface area contributed by atoms with Gasteiger partial charge in [0, 0.05) is 12.3 Å². The van der Waals surface area contributed by atoms with Crippen molar-refractivity contribution < 1.29 is 9.53 Å². The Kier molecular flexibility index (Phi) is 4.28. The molecule has 0 amide bonds. The number of carbonyl (C=O) groups excluding carboxylic acids is 1. The Bertz CT molecular complexity index is 431. The monoisotopic (exact) mass is 260 g/mol. The van der Waals surface area contributed by atoms with Crippen molar-refractivity contribution in [1.82, 2.24) is 0 Å². The average Bonchev–Trinajstić information content (AvgIpc) is 2.39. The van der Waals surface area contributed by atoms with E-state index in [-0.39, 0.29) is 11.3 Å². The summed E-state index contributed by atoms with van der Waals surface area (Å²) >= 11 is 0. The minimum atomic E-state index is 0.168. The van der Waals surface area contributed by atoms with Gasteiger partial charge in [-0.15, -0.1) is 0 Å². The molecule has 2 heteroatoms. The van der Waals surface area contributed by atoms with Crippen molar-refractivity contribution in [2.45, 2.75) is 46.0 Å². The fraction of sp³-hybridized carbons (Fsp3) is 0.588. The van der Waals surface area contributed by atoms with Gasteiger partial charge >= 0.3 is 0 Å². The van der Waals surface area contributed by atoms with Gasteiger partial charge in [0.05, 0.1) is 7.11 Å². The summed E-state index contributed by atoms with van der Waals surface area (Å²) in [6, 6.07) is 7.84. The molecule has 0 N–H and O–H groups in total. The summed E-state index contributed by atoms with van der Waals surface area (Å²) in [5, 5.41) is 0. The van der Waals surface area contributed by atoms with Crippen LogP contribution in [0, 0.1) is 11.3 Å². The molecule has 1 saturated carbocycles. The molecule has 0 bridgehead atoms. The molecule has 1 aromatic carbocycles. The van der Waals surface area contributed by atoms with Crippen LogP contribution in [0.2, 0.25) is 0 Å². The van der Waals surface area contributed by atoms with Crippen LogP contribution in [0.1, 0.15) is 45.1 Å². The van der Waals surface area contributed by atoms with Crippen molar-refractivity contribution in [1.29, 1.82) is 0 Å². The number of hydrogen-bond donors (Lipinski definition) is 0. The minimum Gasteiger partial charge on any atom is -0.497 e. The lowest BCUT2D eigenvalue weighted by Gasteiger charge is -2.37. The fourth-order valence-electron chi connectivity index (χ4n) is 3.16. The first-order valence-corrected chi connectivity index (χ1v) is 7.18. The van der Waals surface area contributed by atoms with Crippen LogP contribution in [-0.4, -0.2) is 12.9 Å². The van der Waals surface area contributed by atoms with Gasteiger partial charge < -0.3 is 4.74 Å². The van der Waals surface area contributed by atoms with E-state index in [9.17, 15) is 4.79 Å². The Balaban J connectivity index is 2.03. The van der Waals surface area contributed by atoms with Crippen molar-refractivity contribution in [3.8, 4) is 5.75 Å². The maximum atomic E-state index is 12.5. The normalized spacial score (nSPS) is 21.9. The Hall–Kier alpha value is -1.31. The Morgan fingerprint density at radius 1 is 1.26 bits per heavy atom. The molecule has 0 aromatic heterocycles. The topological polar surface area (TPSA) is 26.3 Å². The molecular formula is C17H24O2. The number of methoxy groups -OCH3 is 1. The van der Waals surface area contributed by atoms with Crippen LogP contribution in [-0.2, 0) is 11.2 Å². The van der Waals surface area contributed by atoms with E-state index in [2.05, 4.69) is 13.8 Å². The summed E-state index contributed by atoms with van der Waals surface area (Å²) in [6.07, 6.45) is 5.24. The van der Waals surface area contributed by atoms with Gasteiger partial charge in [-0.1, -0.05) is 38.8 Å². The van der Waals surface area contributed by atoms with E-state index in [1.165, 1.54) is 19.3 Å². The lowest BCUT2D eigenvalue weighted by molar-refractivity contribution is -0.127. The SMILES string of the molecule is COc1ccc(CC(=O)C2CCCCC2(C)C)cc1. The van der Waals surface area contributed by atoms with Gasteiger partial charge in [-0.05, 0) is 36.0 Å². The summed E-state index contributed by atoms with van der Waals surface area (Å²) in [5.41, 5.74) is 1.26. The van der Waals surface area contributed by atoms with Crippen molar-refractivity contribution >= 4 is 5.78 Å². The predicted molar refractivity (Wildman–Crippen MR) is 77.4 cm³/mol. The molecule has 0 saturated heterocycles. The smallest absolute Gasteiger partial charge is 0.140 e. The van der Waals surface area contributed by atoms with Gasteiger partial charge in [0.15, 0.2) is 0 Å². The van der Waals surface area contributed by atoms with Gasteiger partial charge in [-0.3, -0.25) is 4.79 Å². The fourth-order valence-corrected chi connectivity index (χ4v) is 3.16. The number of ether oxygens (including phenoxy) is 1. The highest BCUT2D eigenvalue weighted by molar-refractivity contribution is 5.84. The number of carbonyl (C=O) groups is 1. The van der Waals surface area contributed by atoms with Crippen LogP contribution in [0.4, 0.5) is 0 Å². The lowest BCUT2D eigenvalue weighted by atomic mass is 9.66. The second-order valence-corrected chi connectivity index (χ2v) is 6.28. The average molecular weight is 260 g/mol. The lowest BCUT2D eigenvalue weighted by Crippen LogP contribution is -2.34. The van der Waals surface area contributed by atoms with Gasteiger partial charge in [-0.2, -0.15) is 0 Å². The van der Waals surface area contributed by atoms with E-state index >= 15 is 0 Å². The first-order valence-electron chi connectivity index (χ1n) is 7.18. The van der Waals surface area contributed by atoms with E-state index in [1.807, 2.05) is 24.3 Å². The highest BCUT2D eigenvalue weighted by atomic mass is 16.5. The van der Waals surface area contributed by atoms with Crippen LogP contribution >= 0.6 is 0 Å². The molecule has 2 nitrogen and oxygen atoms in total. The standard InChI is InChI=1S/C17H24O2/c1-17(2)11-5-4-6-15(17)16(18)12-13-7-9-14(19-3)10-8-13/h7-10,15H,4-6,11-12H2,1-3H3. The summed E-state index contributed by atoms with van der Waals surface area (Å²) < 4.78 is 5.14. The highest BCUT2D eigenvalue weighted by Gasteiger charge is 2.36. The summed E-state index contributed by atoms with van der Waals surface area (Å²) in [4.78, 5) is 12.5. The number of hydrogen-bond acceptors (Lipinski definition) is 2. The van der Waals surface area contributed by atoms with E-state index < -0.39 is 0 Å². The first-order chi connectivity index (χ1) is 9.03. The first kappa shape index (κ1) is 14.1. The summed E-state index contributed by atoms with van der Waals surface area (Å²) in [7, 11) is 1.66. The maximum absolute atomic E-state index is 12.5. The van der Waals surface area contributed by atoms with E-state index in [0.717, 1.165) is 17.7 Å². The predicted octanol–water partition coefficient (Wildman–Crippen LogP) is 4.02. The van der Waals surface area contributed by atoms with Crippen LogP contribution in [0.3, 0.4) is 0 Å². The number of rotatable bonds is 4. The van der Waals surface area contributed by atoms with Crippen LogP contribution in [0.15, 0.2) is 24.3 Å². The summed E-state index contributed by atoms with van der Waals surface area (Å²) in [6.45, 7) is 4.48. The maximum Gasteiger partial charge on any atom is 0.140 e. The molecule has 104 valence electrons. The van der Waals surface area contributed by atoms with Crippen LogP contribution in [0.5, 0.6) is 5.75 Å². The third-order valence-corrected chi connectivity index (χ3v) is 4.43. The van der Waals surface area contributed by atoms with E-state index in [0.29, 0.717) is 12.2 Å². The Labute approximate surface area is 116 Å². The highest BCUT2D eigenvalue weighted by Crippen LogP contribution is 2.41. The molecule has 1 aromatic rings. The largest absolute Gasteiger partial charge is 0.497 e. The molecule has 0 spiro atoms. The molecule has 0 heterocycles. The molecular weight excluding hydrogens is 236 g/mol. The molecule has 2 rings (SSSR count). The molecule has 1 aliphatic carbocycles. The molecule has 0 aliphatic heterocycles. The molecule has 1 aliphatic rings. The Morgan fingerprint density at radius 2 is 1.95 bits per heavy atom. The second kappa shape index (κ2) is 5.77. The molecule has 1 atom stereocenters. The van der Waals surface area contributed by atoms with E-state index in [4.69, 9.17) is 4.74 Å². The van der Waals surface area contributed by atoms with Crippen LogP contribution < -0.4 is 4.74 Å².